The van der Waals surface area contributed by atoms with Crippen LogP contribution in [0.2, 0.25) is 0 Å². The minimum atomic E-state index is -0.436. The van der Waals surface area contributed by atoms with E-state index in [0.717, 1.165) is 18.8 Å². The van der Waals surface area contributed by atoms with E-state index in [-0.39, 0.29) is 12.1 Å². The Morgan fingerprint density at radius 1 is 1.40 bits per heavy atom. The predicted octanol–water partition coefficient (Wildman–Crippen LogP) is 3.46. The van der Waals surface area contributed by atoms with Gasteiger partial charge >= 0.3 is 6.09 Å². The van der Waals surface area contributed by atoms with Crippen LogP contribution in [-0.4, -0.2) is 29.8 Å². The van der Waals surface area contributed by atoms with Crippen LogP contribution < -0.4 is 10.6 Å². The van der Waals surface area contributed by atoms with E-state index in [0.29, 0.717) is 12.1 Å². The molecule has 0 aromatic heterocycles. The van der Waals surface area contributed by atoms with E-state index < -0.39 is 5.60 Å². The standard InChI is InChI=1S/C16H32N2O2/c1-7-11(2)10-13-8-9-14(12(3)17-13)18-15(19)20-16(4,5)6/h11-14,17H,7-10H2,1-6H3,(H,18,19). The highest BCUT2D eigenvalue weighted by Crippen LogP contribution is 2.20. The van der Waals surface area contributed by atoms with Gasteiger partial charge < -0.3 is 15.4 Å². The zero-order chi connectivity index (χ0) is 15.3. The number of carbonyl (C=O) groups is 1. The second-order valence-electron chi connectivity index (χ2n) is 7.23. The van der Waals surface area contributed by atoms with Crippen molar-refractivity contribution in [3.8, 4) is 0 Å². The van der Waals surface area contributed by atoms with Crippen molar-refractivity contribution in [1.82, 2.24) is 10.6 Å². The monoisotopic (exact) mass is 284 g/mol. The average molecular weight is 284 g/mol. The van der Waals surface area contributed by atoms with Crippen molar-refractivity contribution in [2.75, 3.05) is 0 Å². The molecule has 1 aliphatic rings. The predicted molar refractivity (Wildman–Crippen MR) is 82.8 cm³/mol. The first kappa shape index (κ1) is 17.3. The third-order valence-electron chi connectivity index (χ3n) is 4.01. The molecule has 1 rings (SSSR count). The molecule has 4 heteroatoms. The number of ether oxygens (including phenoxy) is 1. The number of alkyl carbamates (subject to hydrolysis) is 1. The zero-order valence-electron chi connectivity index (χ0n) is 14.0. The van der Waals surface area contributed by atoms with Crippen molar-refractivity contribution in [3.05, 3.63) is 0 Å². The van der Waals surface area contributed by atoms with Crippen LogP contribution in [0.3, 0.4) is 0 Å². The molecule has 1 fully saturated rings. The number of carbonyl (C=O) groups excluding carboxylic acids is 1. The fourth-order valence-electron chi connectivity index (χ4n) is 2.70. The van der Waals surface area contributed by atoms with E-state index >= 15 is 0 Å². The molecule has 1 amide bonds. The van der Waals surface area contributed by atoms with E-state index in [1.807, 2.05) is 20.8 Å². The first-order chi connectivity index (χ1) is 9.21. The Bertz CT molecular complexity index is 312. The summed E-state index contributed by atoms with van der Waals surface area (Å²) in [6.45, 7) is 12.3. The Morgan fingerprint density at radius 3 is 2.55 bits per heavy atom. The largest absolute Gasteiger partial charge is 0.444 e. The second-order valence-corrected chi connectivity index (χ2v) is 7.23. The fourth-order valence-corrected chi connectivity index (χ4v) is 2.70. The van der Waals surface area contributed by atoms with Crippen LogP contribution >= 0.6 is 0 Å². The minimum absolute atomic E-state index is 0.165. The molecule has 4 unspecified atom stereocenters. The first-order valence-electron chi connectivity index (χ1n) is 7.96. The van der Waals surface area contributed by atoms with Crippen LogP contribution in [0, 0.1) is 5.92 Å². The minimum Gasteiger partial charge on any atom is -0.444 e. The zero-order valence-corrected chi connectivity index (χ0v) is 14.0. The van der Waals surface area contributed by atoms with Crippen LogP contribution in [0.4, 0.5) is 4.79 Å². The van der Waals surface area contributed by atoms with E-state index in [9.17, 15) is 4.79 Å². The fraction of sp³-hybridized carbons (Fsp3) is 0.938. The van der Waals surface area contributed by atoms with Gasteiger partial charge in [-0.25, -0.2) is 4.79 Å². The normalized spacial score (nSPS) is 28.8. The Labute approximate surface area is 124 Å². The molecular weight excluding hydrogens is 252 g/mol. The van der Waals surface area contributed by atoms with E-state index in [1.54, 1.807) is 0 Å². The van der Waals surface area contributed by atoms with E-state index in [4.69, 9.17) is 4.74 Å². The van der Waals surface area contributed by atoms with Crippen LogP contribution in [0.1, 0.15) is 67.2 Å². The van der Waals surface area contributed by atoms with Gasteiger partial charge in [-0.3, -0.25) is 0 Å². The molecule has 0 radical (unpaired) electrons. The SMILES string of the molecule is CCC(C)CC1CCC(NC(=O)OC(C)(C)C)C(C)N1. The molecule has 4 nitrogen and oxygen atoms in total. The molecular formula is C16H32N2O2. The lowest BCUT2D eigenvalue weighted by Gasteiger charge is -2.37. The van der Waals surface area contributed by atoms with Gasteiger partial charge in [0.2, 0.25) is 0 Å². The number of amides is 1. The lowest BCUT2D eigenvalue weighted by molar-refractivity contribution is 0.0476. The van der Waals surface area contributed by atoms with Gasteiger partial charge in [0.05, 0.1) is 0 Å². The molecule has 0 bridgehead atoms. The molecule has 1 aliphatic heterocycles. The number of hydrogen-bond donors (Lipinski definition) is 2. The maximum absolute atomic E-state index is 11.8. The second kappa shape index (κ2) is 7.30. The smallest absolute Gasteiger partial charge is 0.407 e. The molecule has 2 N–H and O–H groups in total. The van der Waals surface area contributed by atoms with E-state index in [2.05, 4.69) is 31.4 Å². The third kappa shape index (κ3) is 6.12. The Morgan fingerprint density at radius 2 is 2.05 bits per heavy atom. The van der Waals surface area contributed by atoms with Gasteiger partial charge in [0.1, 0.15) is 5.60 Å². The summed E-state index contributed by atoms with van der Waals surface area (Å²) in [7, 11) is 0. The van der Waals surface area contributed by atoms with Gasteiger partial charge in [0.15, 0.2) is 0 Å². The highest BCUT2D eigenvalue weighted by molar-refractivity contribution is 5.68. The molecule has 20 heavy (non-hydrogen) atoms. The van der Waals surface area contributed by atoms with Gasteiger partial charge in [-0.1, -0.05) is 20.3 Å². The Kier molecular flexibility index (Phi) is 6.31. The molecule has 118 valence electrons. The molecule has 0 aliphatic carbocycles. The van der Waals surface area contributed by atoms with Crippen molar-refractivity contribution < 1.29 is 9.53 Å². The lowest BCUT2D eigenvalue weighted by Crippen LogP contribution is -2.56. The molecule has 0 aromatic carbocycles. The summed E-state index contributed by atoms with van der Waals surface area (Å²) < 4.78 is 5.32. The van der Waals surface area contributed by atoms with Crippen molar-refractivity contribution in [3.63, 3.8) is 0 Å². The number of piperidine rings is 1. The van der Waals surface area contributed by atoms with Crippen LogP contribution in [-0.2, 0) is 4.74 Å². The average Bonchev–Trinajstić information content (AvgIpc) is 2.30. The summed E-state index contributed by atoms with van der Waals surface area (Å²) in [5, 5.41) is 6.62. The Hall–Kier alpha value is -0.770. The van der Waals surface area contributed by atoms with Crippen molar-refractivity contribution in [2.45, 2.75) is 91.0 Å². The van der Waals surface area contributed by atoms with Crippen LogP contribution in [0.25, 0.3) is 0 Å². The van der Waals surface area contributed by atoms with Gasteiger partial charge in [-0.15, -0.1) is 0 Å². The highest BCUT2D eigenvalue weighted by atomic mass is 16.6. The topological polar surface area (TPSA) is 50.4 Å². The quantitative estimate of drug-likeness (QED) is 0.831. The van der Waals surface area contributed by atoms with Gasteiger partial charge in [0, 0.05) is 18.1 Å². The van der Waals surface area contributed by atoms with E-state index in [1.165, 1.54) is 12.8 Å². The van der Waals surface area contributed by atoms with Crippen molar-refractivity contribution >= 4 is 6.09 Å². The molecule has 0 aromatic rings. The first-order valence-corrected chi connectivity index (χ1v) is 7.96. The summed E-state index contributed by atoms with van der Waals surface area (Å²) in [5.41, 5.74) is -0.436. The van der Waals surface area contributed by atoms with Crippen LogP contribution in [0.5, 0.6) is 0 Å². The summed E-state index contributed by atoms with van der Waals surface area (Å²) >= 11 is 0. The number of hydrogen-bond acceptors (Lipinski definition) is 3. The maximum atomic E-state index is 11.8. The molecule has 1 heterocycles. The molecule has 1 saturated heterocycles. The van der Waals surface area contributed by atoms with Gasteiger partial charge in [-0.2, -0.15) is 0 Å². The third-order valence-corrected chi connectivity index (χ3v) is 4.01. The number of nitrogens with one attached hydrogen (secondary N) is 2. The Balaban J connectivity index is 2.39. The summed E-state index contributed by atoms with van der Waals surface area (Å²) in [4.78, 5) is 11.8. The lowest BCUT2D eigenvalue weighted by atomic mass is 9.89. The van der Waals surface area contributed by atoms with Crippen molar-refractivity contribution in [2.24, 2.45) is 5.92 Å². The van der Waals surface area contributed by atoms with Crippen LogP contribution in [0.15, 0.2) is 0 Å². The molecule has 0 saturated carbocycles. The van der Waals surface area contributed by atoms with Gasteiger partial charge in [-0.05, 0) is 52.9 Å². The summed E-state index contributed by atoms with van der Waals surface area (Å²) in [6.07, 6.45) is 4.28. The van der Waals surface area contributed by atoms with Crippen molar-refractivity contribution in [1.29, 1.82) is 0 Å². The van der Waals surface area contributed by atoms with Gasteiger partial charge in [0.25, 0.3) is 0 Å². The summed E-state index contributed by atoms with van der Waals surface area (Å²) in [5.74, 6) is 0.759. The maximum Gasteiger partial charge on any atom is 0.407 e. The summed E-state index contributed by atoms with van der Waals surface area (Å²) in [6, 6.07) is 1.04. The highest BCUT2D eigenvalue weighted by Gasteiger charge is 2.29. The molecule has 0 spiro atoms. The molecule has 4 atom stereocenters. The number of rotatable bonds is 4.